The van der Waals surface area contributed by atoms with Gasteiger partial charge in [0.25, 0.3) is 0 Å². The van der Waals surface area contributed by atoms with Gasteiger partial charge >= 0.3 is 0 Å². The molecule has 1 aromatic carbocycles. The van der Waals surface area contributed by atoms with E-state index in [1.54, 1.807) is 0 Å². The molecule has 3 rings (SSSR count). The average molecular weight is 329 g/mol. The monoisotopic (exact) mass is 329 g/mol. The number of hydrogen-bond donors (Lipinski definition) is 2. The van der Waals surface area contributed by atoms with Crippen molar-refractivity contribution in [2.75, 3.05) is 26.2 Å². The quantitative estimate of drug-likeness (QED) is 0.808. The first-order chi connectivity index (χ1) is 11.8. The zero-order valence-electron chi connectivity index (χ0n) is 14.7. The molecule has 0 radical (unpaired) electrons. The Balaban J connectivity index is 1.36. The van der Waals surface area contributed by atoms with E-state index in [9.17, 15) is 4.79 Å². The average Bonchev–Trinajstić information content (AvgIpc) is 3.14. The van der Waals surface area contributed by atoms with Crippen LogP contribution in [0.2, 0.25) is 0 Å². The molecular formula is C20H31N3O. The lowest BCUT2D eigenvalue weighted by Gasteiger charge is -2.26. The van der Waals surface area contributed by atoms with E-state index in [4.69, 9.17) is 0 Å². The Morgan fingerprint density at radius 3 is 2.58 bits per heavy atom. The zero-order valence-corrected chi connectivity index (χ0v) is 14.7. The lowest BCUT2D eigenvalue weighted by Crippen LogP contribution is -2.29. The first-order valence-corrected chi connectivity index (χ1v) is 9.57. The van der Waals surface area contributed by atoms with E-state index >= 15 is 0 Å². The summed E-state index contributed by atoms with van der Waals surface area (Å²) in [5, 5.41) is 6.41. The molecule has 2 N–H and O–H groups in total. The third kappa shape index (κ3) is 5.60. The molecule has 0 spiro atoms. The predicted molar refractivity (Wildman–Crippen MR) is 97.6 cm³/mol. The van der Waals surface area contributed by atoms with Crippen molar-refractivity contribution in [3.63, 3.8) is 0 Å². The number of likely N-dealkylation sites (tertiary alicyclic amines) is 1. The first-order valence-electron chi connectivity index (χ1n) is 9.57. The summed E-state index contributed by atoms with van der Waals surface area (Å²) in [7, 11) is 0. The second kappa shape index (κ2) is 9.19. The van der Waals surface area contributed by atoms with Gasteiger partial charge in [0, 0.05) is 19.5 Å². The molecule has 24 heavy (non-hydrogen) atoms. The summed E-state index contributed by atoms with van der Waals surface area (Å²) in [5.41, 5.74) is 2.56. The minimum atomic E-state index is 0.180. The third-order valence-corrected chi connectivity index (χ3v) is 5.31. The molecule has 2 saturated heterocycles. The lowest BCUT2D eigenvalue weighted by atomic mass is 10.0. The summed E-state index contributed by atoms with van der Waals surface area (Å²) in [6, 6.07) is 8.72. The van der Waals surface area contributed by atoms with Crippen molar-refractivity contribution in [3.05, 3.63) is 35.4 Å². The van der Waals surface area contributed by atoms with Gasteiger partial charge in [-0.3, -0.25) is 9.69 Å². The van der Waals surface area contributed by atoms with Crippen LogP contribution in [0, 0.1) is 5.92 Å². The second-order valence-electron chi connectivity index (χ2n) is 7.33. The van der Waals surface area contributed by atoms with Crippen LogP contribution in [-0.2, 0) is 17.9 Å². The van der Waals surface area contributed by atoms with Gasteiger partial charge in [-0.1, -0.05) is 30.7 Å². The Kier molecular flexibility index (Phi) is 6.67. The minimum absolute atomic E-state index is 0.180. The Bertz CT molecular complexity index is 502. The molecule has 0 aliphatic carbocycles. The lowest BCUT2D eigenvalue weighted by molar-refractivity contribution is -0.121. The SMILES string of the molecule is O=C(CCC1CCNC1)NCc1ccc(CN2CCCCC2)cc1. The van der Waals surface area contributed by atoms with Crippen LogP contribution >= 0.6 is 0 Å². The van der Waals surface area contributed by atoms with E-state index in [1.807, 2.05) is 0 Å². The number of amides is 1. The van der Waals surface area contributed by atoms with Gasteiger partial charge in [-0.25, -0.2) is 0 Å². The van der Waals surface area contributed by atoms with Gasteiger partial charge in [-0.05, 0) is 68.9 Å². The second-order valence-corrected chi connectivity index (χ2v) is 7.33. The van der Waals surface area contributed by atoms with E-state index < -0.39 is 0 Å². The number of carbonyl (C=O) groups excluding carboxylic acids is 1. The van der Waals surface area contributed by atoms with Crippen molar-refractivity contribution in [1.29, 1.82) is 0 Å². The highest BCUT2D eigenvalue weighted by Crippen LogP contribution is 2.15. The molecular weight excluding hydrogens is 298 g/mol. The highest BCUT2D eigenvalue weighted by atomic mass is 16.1. The molecule has 132 valence electrons. The third-order valence-electron chi connectivity index (χ3n) is 5.31. The van der Waals surface area contributed by atoms with Crippen LogP contribution in [-0.4, -0.2) is 37.0 Å². The summed E-state index contributed by atoms with van der Waals surface area (Å²) >= 11 is 0. The number of benzene rings is 1. The molecule has 1 unspecified atom stereocenters. The van der Waals surface area contributed by atoms with Crippen molar-refractivity contribution < 1.29 is 4.79 Å². The molecule has 2 aliphatic rings. The number of carbonyl (C=O) groups is 1. The zero-order chi connectivity index (χ0) is 16.6. The van der Waals surface area contributed by atoms with Crippen molar-refractivity contribution in [2.24, 2.45) is 5.92 Å². The van der Waals surface area contributed by atoms with Crippen LogP contribution in [0.5, 0.6) is 0 Å². The van der Waals surface area contributed by atoms with Gasteiger partial charge in [-0.2, -0.15) is 0 Å². The van der Waals surface area contributed by atoms with Crippen LogP contribution in [0.15, 0.2) is 24.3 Å². The van der Waals surface area contributed by atoms with E-state index in [2.05, 4.69) is 39.8 Å². The highest BCUT2D eigenvalue weighted by Gasteiger charge is 2.15. The van der Waals surface area contributed by atoms with Gasteiger partial charge in [0.15, 0.2) is 0 Å². The molecule has 2 heterocycles. The highest BCUT2D eigenvalue weighted by molar-refractivity contribution is 5.75. The van der Waals surface area contributed by atoms with Gasteiger partial charge in [0.1, 0.15) is 0 Å². The maximum Gasteiger partial charge on any atom is 0.220 e. The van der Waals surface area contributed by atoms with E-state index in [0.29, 0.717) is 18.9 Å². The maximum atomic E-state index is 12.0. The molecule has 4 nitrogen and oxygen atoms in total. The fourth-order valence-corrected chi connectivity index (χ4v) is 3.72. The van der Waals surface area contributed by atoms with Crippen LogP contribution in [0.3, 0.4) is 0 Å². The van der Waals surface area contributed by atoms with Crippen LogP contribution in [0.25, 0.3) is 0 Å². The molecule has 0 saturated carbocycles. The maximum absolute atomic E-state index is 12.0. The first kappa shape index (κ1) is 17.4. The van der Waals surface area contributed by atoms with Crippen molar-refractivity contribution in [3.8, 4) is 0 Å². The molecule has 2 aliphatic heterocycles. The number of piperidine rings is 1. The molecule has 1 amide bonds. The van der Waals surface area contributed by atoms with Crippen LogP contribution in [0.1, 0.15) is 49.7 Å². The summed E-state index contributed by atoms with van der Waals surface area (Å²) in [5.74, 6) is 0.865. The number of hydrogen-bond acceptors (Lipinski definition) is 3. The predicted octanol–water partition coefficient (Wildman–Crippen LogP) is 2.68. The Morgan fingerprint density at radius 2 is 1.88 bits per heavy atom. The normalized spacial score (nSPS) is 21.8. The standard InChI is InChI=1S/C20H31N3O/c24-20(9-8-18-10-11-21-14-18)22-15-17-4-6-19(7-5-17)16-23-12-2-1-3-13-23/h4-7,18,21H,1-3,8-16H2,(H,22,24). The number of nitrogens with zero attached hydrogens (tertiary/aromatic N) is 1. The number of rotatable bonds is 7. The Labute approximate surface area is 146 Å². The van der Waals surface area contributed by atoms with Crippen molar-refractivity contribution in [1.82, 2.24) is 15.5 Å². The Hall–Kier alpha value is -1.39. The van der Waals surface area contributed by atoms with E-state index in [1.165, 1.54) is 49.9 Å². The summed E-state index contributed by atoms with van der Waals surface area (Å²) < 4.78 is 0. The summed E-state index contributed by atoms with van der Waals surface area (Å²) in [6.07, 6.45) is 6.92. The molecule has 4 heteroatoms. The molecule has 2 fully saturated rings. The minimum Gasteiger partial charge on any atom is -0.352 e. The van der Waals surface area contributed by atoms with Gasteiger partial charge in [-0.15, -0.1) is 0 Å². The van der Waals surface area contributed by atoms with Crippen molar-refractivity contribution in [2.45, 2.75) is 51.6 Å². The van der Waals surface area contributed by atoms with Gasteiger partial charge < -0.3 is 10.6 Å². The van der Waals surface area contributed by atoms with Crippen molar-refractivity contribution >= 4 is 5.91 Å². The van der Waals surface area contributed by atoms with E-state index in [-0.39, 0.29) is 5.91 Å². The largest absolute Gasteiger partial charge is 0.352 e. The van der Waals surface area contributed by atoms with Crippen LogP contribution < -0.4 is 10.6 Å². The van der Waals surface area contributed by atoms with Gasteiger partial charge in [0.2, 0.25) is 5.91 Å². The van der Waals surface area contributed by atoms with Crippen LogP contribution in [0.4, 0.5) is 0 Å². The molecule has 1 atom stereocenters. The Morgan fingerprint density at radius 1 is 1.12 bits per heavy atom. The summed E-state index contributed by atoms with van der Waals surface area (Å²) in [6.45, 7) is 6.35. The topological polar surface area (TPSA) is 44.4 Å². The van der Waals surface area contributed by atoms with Gasteiger partial charge in [0.05, 0.1) is 0 Å². The molecule has 1 aromatic rings. The molecule has 0 bridgehead atoms. The smallest absolute Gasteiger partial charge is 0.220 e. The number of nitrogens with one attached hydrogen (secondary N) is 2. The fourth-order valence-electron chi connectivity index (χ4n) is 3.72. The van der Waals surface area contributed by atoms with E-state index in [0.717, 1.165) is 26.1 Å². The molecule has 0 aromatic heterocycles. The fraction of sp³-hybridized carbons (Fsp3) is 0.650. The summed E-state index contributed by atoms with van der Waals surface area (Å²) in [4.78, 5) is 14.5.